The number of benzene rings is 2. The van der Waals surface area contributed by atoms with E-state index in [1.807, 2.05) is 64.1 Å². The van der Waals surface area contributed by atoms with Crippen molar-refractivity contribution in [3.05, 3.63) is 65.2 Å². The standard InChI is InChI=1S/C23H30O4/c1-15(2)21-17(5)22(27-16(3)4)19(23(24-6)25-7)13-20(21)26-14-18-11-9-8-10-12-18/h8-13,16,23H,1,14H2,2-7H3. The highest BCUT2D eigenvalue weighted by molar-refractivity contribution is 5.73. The van der Waals surface area contributed by atoms with Gasteiger partial charge in [0.1, 0.15) is 18.1 Å². The third kappa shape index (κ3) is 5.12. The lowest BCUT2D eigenvalue weighted by Gasteiger charge is -2.25. The molecule has 0 unspecified atom stereocenters. The predicted molar refractivity (Wildman–Crippen MR) is 109 cm³/mol. The first kappa shape index (κ1) is 21.0. The Morgan fingerprint density at radius 2 is 1.70 bits per heavy atom. The summed E-state index contributed by atoms with van der Waals surface area (Å²) in [5.41, 5.74) is 4.75. The molecule has 27 heavy (non-hydrogen) atoms. The van der Waals surface area contributed by atoms with E-state index in [9.17, 15) is 0 Å². The van der Waals surface area contributed by atoms with Crippen molar-refractivity contribution in [3.63, 3.8) is 0 Å². The van der Waals surface area contributed by atoms with Crippen LogP contribution in [0.4, 0.5) is 0 Å². The fourth-order valence-electron chi connectivity index (χ4n) is 3.09. The van der Waals surface area contributed by atoms with Crippen LogP contribution < -0.4 is 9.47 Å². The average molecular weight is 370 g/mol. The topological polar surface area (TPSA) is 36.9 Å². The molecule has 0 spiro atoms. The Labute approximate surface area is 162 Å². The summed E-state index contributed by atoms with van der Waals surface area (Å²) in [6.45, 7) is 12.6. The van der Waals surface area contributed by atoms with Crippen LogP contribution in [0.25, 0.3) is 5.57 Å². The molecule has 2 aromatic carbocycles. The van der Waals surface area contributed by atoms with Crippen LogP contribution in [0.1, 0.15) is 49.3 Å². The Morgan fingerprint density at radius 1 is 1.07 bits per heavy atom. The molecule has 0 saturated carbocycles. The van der Waals surface area contributed by atoms with Crippen LogP contribution in [0.15, 0.2) is 43.0 Å². The number of ether oxygens (including phenoxy) is 4. The highest BCUT2D eigenvalue weighted by Gasteiger charge is 2.24. The highest BCUT2D eigenvalue weighted by Crippen LogP contribution is 2.41. The van der Waals surface area contributed by atoms with Crippen molar-refractivity contribution >= 4 is 5.57 Å². The van der Waals surface area contributed by atoms with Crippen LogP contribution in [0, 0.1) is 6.92 Å². The molecule has 4 heteroatoms. The first-order valence-electron chi connectivity index (χ1n) is 9.11. The van der Waals surface area contributed by atoms with Crippen molar-refractivity contribution in [2.75, 3.05) is 14.2 Å². The Kier molecular flexibility index (Phi) is 7.45. The normalized spacial score (nSPS) is 11.1. The lowest BCUT2D eigenvalue weighted by atomic mass is 9.96. The molecule has 4 nitrogen and oxygen atoms in total. The third-order valence-corrected chi connectivity index (χ3v) is 4.21. The summed E-state index contributed by atoms with van der Waals surface area (Å²) >= 11 is 0. The summed E-state index contributed by atoms with van der Waals surface area (Å²) in [5, 5.41) is 0. The predicted octanol–water partition coefficient (Wildman–Crippen LogP) is 5.69. The minimum Gasteiger partial charge on any atom is -0.490 e. The number of rotatable bonds is 9. The molecule has 0 N–H and O–H groups in total. The lowest BCUT2D eigenvalue weighted by Crippen LogP contribution is -2.14. The highest BCUT2D eigenvalue weighted by atomic mass is 16.7. The summed E-state index contributed by atoms with van der Waals surface area (Å²) in [5.74, 6) is 1.50. The number of hydrogen-bond donors (Lipinski definition) is 0. The van der Waals surface area contributed by atoms with E-state index in [1.165, 1.54) is 0 Å². The van der Waals surface area contributed by atoms with Gasteiger partial charge < -0.3 is 18.9 Å². The second-order valence-corrected chi connectivity index (χ2v) is 6.82. The van der Waals surface area contributed by atoms with Crippen LogP contribution in [0.2, 0.25) is 0 Å². The van der Waals surface area contributed by atoms with E-state index in [2.05, 4.69) is 6.58 Å². The molecule has 0 radical (unpaired) electrons. The van der Waals surface area contributed by atoms with Gasteiger partial charge in [-0.3, -0.25) is 0 Å². The molecule has 0 saturated heterocycles. The van der Waals surface area contributed by atoms with Gasteiger partial charge in [-0.25, -0.2) is 0 Å². The van der Waals surface area contributed by atoms with Crippen molar-refractivity contribution in [1.82, 2.24) is 0 Å². The second kappa shape index (κ2) is 9.58. The van der Waals surface area contributed by atoms with Gasteiger partial charge in [-0.2, -0.15) is 0 Å². The van der Waals surface area contributed by atoms with Gasteiger partial charge in [-0.15, -0.1) is 0 Å². The molecule has 0 aliphatic carbocycles. The molecular formula is C23H30O4. The van der Waals surface area contributed by atoms with Crippen molar-refractivity contribution in [1.29, 1.82) is 0 Å². The summed E-state index contributed by atoms with van der Waals surface area (Å²) in [4.78, 5) is 0. The SMILES string of the molecule is C=C(C)c1c(OCc2ccccc2)cc(C(OC)OC)c(OC(C)C)c1C. The maximum atomic E-state index is 6.18. The van der Waals surface area contributed by atoms with Crippen LogP contribution in [0.5, 0.6) is 11.5 Å². The Bertz CT molecular complexity index is 762. The molecule has 0 atom stereocenters. The molecule has 2 aromatic rings. The Morgan fingerprint density at radius 3 is 2.22 bits per heavy atom. The van der Waals surface area contributed by atoms with Gasteiger partial charge in [0.15, 0.2) is 6.29 Å². The second-order valence-electron chi connectivity index (χ2n) is 6.82. The first-order valence-corrected chi connectivity index (χ1v) is 9.11. The largest absolute Gasteiger partial charge is 0.490 e. The minimum absolute atomic E-state index is 0.0193. The Hall–Kier alpha value is -2.30. The van der Waals surface area contributed by atoms with Crippen LogP contribution in [-0.2, 0) is 16.1 Å². The van der Waals surface area contributed by atoms with Gasteiger partial charge >= 0.3 is 0 Å². The summed E-state index contributed by atoms with van der Waals surface area (Å²) in [6, 6.07) is 12.0. The Balaban J connectivity index is 2.54. The van der Waals surface area contributed by atoms with Gasteiger partial charge in [-0.1, -0.05) is 36.9 Å². The van der Waals surface area contributed by atoms with E-state index >= 15 is 0 Å². The maximum Gasteiger partial charge on any atom is 0.186 e. The van der Waals surface area contributed by atoms with Gasteiger partial charge in [0, 0.05) is 25.3 Å². The molecule has 2 rings (SSSR count). The zero-order valence-corrected chi connectivity index (χ0v) is 17.2. The molecule has 0 aromatic heterocycles. The van der Waals surface area contributed by atoms with Crippen molar-refractivity contribution in [2.24, 2.45) is 0 Å². The van der Waals surface area contributed by atoms with Gasteiger partial charge in [0.25, 0.3) is 0 Å². The number of methoxy groups -OCH3 is 2. The zero-order chi connectivity index (χ0) is 20.0. The van der Waals surface area contributed by atoms with E-state index in [-0.39, 0.29) is 6.10 Å². The van der Waals surface area contributed by atoms with Crippen LogP contribution >= 0.6 is 0 Å². The number of allylic oxidation sites excluding steroid dienone is 1. The smallest absolute Gasteiger partial charge is 0.186 e. The molecule has 0 fully saturated rings. The first-order chi connectivity index (χ1) is 12.9. The van der Waals surface area contributed by atoms with E-state index in [1.54, 1.807) is 14.2 Å². The van der Waals surface area contributed by atoms with Gasteiger partial charge in [0.05, 0.1) is 11.7 Å². The molecule has 0 amide bonds. The summed E-state index contributed by atoms with van der Waals surface area (Å²) in [6.07, 6.45) is -0.526. The van der Waals surface area contributed by atoms with Crippen molar-refractivity contribution in [2.45, 2.75) is 46.7 Å². The van der Waals surface area contributed by atoms with E-state index in [0.717, 1.165) is 39.3 Å². The molecule has 0 heterocycles. The minimum atomic E-state index is -0.546. The molecule has 0 aliphatic rings. The van der Waals surface area contributed by atoms with Crippen molar-refractivity contribution in [3.8, 4) is 11.5 Å². The van der Waals surface area contributed by atoms with Crippen LogP contribution in [-0.4, -0.2) is 20.3 Å². The van der Waals surface area contributed by atoms with Gasteiger partial charge in [-0.05, 0) is 44.9 Å². The van der Waals surface area contributed by atoms with Crippen LogP contribution in [0.3, 0.4) is 0 Å². The summed E-state index contributed by atoms with van der Waals surface area (Å²) in [7, 11) is 3.22. The van der Waals surface area contributed by atoms with Crippen molar-refractivity contribution < 1.29 is 18.9 Å². The third-order valence-electron chi connectivity index (χ3n) is 4.21. The number of hydrogen-bond acceptors (Lipinski definition) is 4. The van der Waals surface area contributed by atoms with E-state index < -0.39 is 6.29 Å². The fraction of sp³-hybridized carbons (Fsp3) is 0.391. The van der Waals surface area contributed by atoms with E-state index in [0.29, 0.717) is 6.61 Å². The molecular weight excluding hydrogens is 340 g/mol. The van der Waals surface area contributed by atoms with E-state index in [4.69, 9.17) is 18.9 Å². The average Bonchev–Trinajstić information content (AvgIpc) is 2.63. The lowest BCUT2D eigenvalue weighted by molar-refractivity contribution is -0.107. The zero-order valence-electron chi connectivity index (χ0n) is 17.2. The maximum absolute atomic E-state index is 6.18. The monoisotopic (exact) mass is 370 g/mol. The molecule has 0 bridgehead atoms. The fourth-order valence-corrected chi connectivity index (χ4v) is 3.09. The van der Waals surface area contributed by atoms with Gasteiger partial charge in [0.2, 0.25) is 0 Å². The molecule has 146 valence electrons. The quantitative estimate of drug-likeness (QED) is 0.532. The molecule has 0 aliphatic heterocycles. The summed E-state index contributed by atoms with van der Waals surface area (Å²) < 4.78 is 23.3.